The fraction of sp³-hybridized carbons (Fsp3) is 0.533. The summed E-state index contributed by atoms with van der Waals surface area (Å²) in [6, 6.07) is 0. The number of amides is 2. The average molecular weight is 574 g/mol. The second-order valence-electron chi connectivity index (χ2n) is 10.8. The van der Waals surface area contributed by atoms with Crippen molar-refractivity contribution in [2.45, 2.75) is 65.0 Å². The van der Waals surface area contributed by atoms with Gasteiger partial charge < -0.3 is 35.3 Å². The lowest BCUT2D eigenvalue weighted by Crippen LogP contribution is -2.37. The van der Waals surface area contributed by atoms with Crippen LogP contribution in [0.1, 0.15) is 40.5 Å². The highest BCUT2D eigenvalue weighted by Gasteiger charge is 2.34. The van der Waals surface area contributed by atoms with E-state index in [1.165, 1.54) is 20.3 Å². The minimum absolute atomic E-state index is 0.107. The highest BCUT2D eigenvalue weighted by Crippen LogP contribution is 2.30. The molecule has 0 fully saturated rings. The number of methoxy groups -OCH3 is 2. The lowest BCUT2D eigenvalue weighted by Gasteiger charge is -2.30. The molecule has 0 spiro atoms. The number of hydrogen-bond acceptors (Lipinski definition) is 9. The highest BCUT2D eigenvalue weighted by atomic mass is 16.6. The topological polar surface area (TPSA) is 157 Å². The van der Waals surface area contributed by atoms with E-state index in [0.29, 0.717) is 12.0 Å². The van der Waals surface area contributed by atoms with Crippen LogP contribution in [-0.2, 0) is 28.6 Å². The van der Waals surface area contributed by atoms with Gasteiger partial charge in [0.25, 0.3) is 5.91 Å². The molecular formula is C30H43N3O8. The number of hydrogen-bond donors (Lipinski definition) is 3. The van der Waals surface area contributed by atoms with Crippen molar-refractivity contribution in [1.29, 1.82) is 0 Å². The zero-order valence-corrected chi connectivity index (χ0v) is 25.1. The Balaban J connectivity index is 2.63. The first-order valence-corrected chi connectivity index (χ1v) is 13.5. The minimum Gasteiger partial charge on any atom is -0.439 e. The predicted molar refractivity (Wildman–Crippen MR) is 153 cm³/mol. The van der Waals surface area contributed by atoms with Crippen LogP contribution in [0, 0.1) is 11.8 Å². The molecule has 2 aliphatic rings. The number of carbonyl (C=O) groups is 4. The lowest BCUT2D eigenvalue weighted by molar-refractivity contribution is -0.120. The number of carbonyl (C=O) groups excluding carboxylic acids is 4. The first-order chi connectivity index (χ1) is 19.2. The quantitative estimate of drug-likeness (QED) is 0.339. The standard InChI is InChI=1S/C30H43N3O8/c1-16-12-20-25(33(5)6)22(34)15-21(27(20)36)32-29(37)17(2)10-9-11-23(39-7)28(41-30(31)38)19(4)14-18(3)26(35)24(13-16)40-8/h9-11,14-16,18,23-24,26,28,35H,12-13H2,1-8H3,(H2,31,38)(H,32,37)/b11-9-,17-10-,19-14-/t16-,18+,23+,24+,26-,28+/m1/s1. The van der Waals surface area contributed by atoms with Crippen molar-refractivity contribution < 1.29 is 38.5 Å². The van der Waals surface area contributed by atoms with Crippen LogP contribution in [0.4, 0.5) is 4.79 Å². The third-order valence-electron chi connectivity index (χ3n) is 7.21. The monoisotopic (exact) mass is 573 g/mol. The molecule has 0 saturated carbocycles. The number of rotatable bonds is 4. The first kappa shape index (κ1) is 33.7. The largest absolute Gasteiger partial charge is 0.439 e. The van der Waals surface area contributed by atoms with Gasteiger partial charge in [-0.1, -0.05) is 38.2 Å². The molecule has 2 bridgehead atoms. The maximum absolute atomic E-state index is 13.5. The number of nitrogens with one attached hydrogen (secondary N) is 1. The van der Waals surface area contributed by atoms with Crippen molar-refractivity contribution in [2.75, 3.05) is 28.3 Å². The van der Waals surface area contributed by atoms with Gasteiger partial charge in [-0.25, -0.2) is 4.79 Å². The van der Waals surface area contributed by atoms with Crippen molar-refractivity contribution in [3.63, 3.8) is 0 Å². The van der Waals surface area contributed by atoms with Crippen molar-refractivity contribution in [1.82, 2.24) is 10.2 Å². The Morgan fingerprint density at radius 1 is 1.12 bits per heavy atom. The van der Waals surface area contributed by atoms with E-state index < -0.39 is 48.1 Å². The number of Topliss-reactive ketones (excluding diaryl/α,β-unsaturated/α-hetero) is 1. The van der Waals surface area contributed by atoms with Crippen molar-refractivity contribution in [3.8, 4) is 0 Å². The van der Waals surface area contributed by atoms with Crippen LogP contribution in [0.5, 0.6) is 0 Å². The van der Waals surface area contributed by atoms with E-state index in [0.717, 1.165) is 6.08 Å². The van der Waals surface area contributed by atoms with E-state index in [-0.39, 0.29) is 40.7 Å². The van der Waals surface area contributed by atoms with Gasteiger partial charge in [-0.3, -0.25) is 14.4 Å². The summed E-state index contributed by atoms with van der Waals surface area (Å²) in [6.45, 7) is 7.01. The molecule has 2 rings (SSSR count). The van der Waals surface area contributed by atoms with Gasteiger partial charge in [-0.05, 0) is 38.2 Å². The number of allylic oxidation sites excluding steroid dienone is 4. The summed E-state index contributed by atoms with van der Waals surface area (Å²) in [4.78, 5) is 52.8. The van der Waals surface area contributed by atoms with Gasteiger partial charge in [0.15, 0.2) is 6.10 Å². The molecule has 0 aromatic rings. The Kier molecular flexibility index (Phi) is 12.2. The SMILES string of the molecule is CO[C@H]1/C=C\C=C(\C)C(=O)NC2=CC(=O)C(N(C)C)=C(C[C@@H](C)C[C@H](OC)[C@H](O)[C@@H](C)/C=C(/C)[C@@H]1OC(N)=O)C2=O. The van der Waals surface area contributed by atoms with Gasteiger partial charge in [0, 0.05) is 51.5 Å². The van der Waals surface area contributed by atoms with Crippen LogP contribution in [0.15, 0.2) is 58.5 Å². The van der Waals surface area contributed by atoms with Crippen LogP contribution < -0.4 is 11.1 Å². The molecule has 11 nitrogen and oxygen atoms in total. The number of ketones is 2. The average Bonchev–Trinajstić information content (AvgIpc) is 2.89. The van der Waals surface area contributed by atoms with Gasteiger partial charge in [0.1, 0.15) is 6.10 Å². The zero-order chi connectivity index (χ0) is 31.0. The summed E-state index contributed by atoms with van der Waals surface area (Å²) in [5.74, 6) is -2.00. The van der Waals surface area contributed by atoms with E-state index in [4.69, 9.17) is 19.9 Å². The summed E-state index contributed by atoms with van der Waals surface area (Å²) in [6.07, 6.45) is 3.93. The molecule has 1 aliphatic heterocycles. The molecule has 6 atom stereocenters. The molecule has 0 unspecified atom stereocenters. The molecule has 11 heteroatoms. The Morgan fingerprint density at radius 3 is 2.34 bits per heavy atom. The van der Waals surface area contributed by atoms with Gasteiger partial charge in [-0.15, -0.1) is 0 Å². The minimum atomic E-state index is -0.996. The number of aliphatic hydroxyl groups excluding tert-OH is 1. The van der Waals surface area contributed by atoms with Crippen molar-refractivity contribution >= 4 is 23.6 Å². The van der Waals surface area contributed by atoms with Gasteiger partial charge >= 0.3 is 6.09 Å². The number of nitrogens with two attached hydrogens (primary N) is 1. The molecular weight excluding hydrogens is 530 g/mol. The second kappa shape index (κ2) is 14.9. The van der Waals surface area contributed by atoms with Crippen molar-refractivity contribution in [3.05, 3.63) is 58.5 Å². The molecule has 4 N–H and O–H groups in total. The third kappa shape index (κ3) is 8.72. The summed E-state index contributed by atoms with van der Waals surface area (Å²) in [5.41, 5.74) is 6.62. The summed E-state index contributed by atoms with van der Waals surface area (Å²) in [7, 11) is 6.30. The van der Waals surface area contributed by atoms with E-state index in [1.54, 1.807) is 51.1 Å². The first-order valence-electron chi connectivity index (χ1n) is 13.5. The van der Waals surface area contributed by atoms with Gasteiger partial charge in [0.2, 0.25) is 11.6 Å². The van der Waals surface area contributed by atoms with Gasteiger partial charge in [-0.2, -0.15) is 0 Å². The summed E-state index contributed by atoms with van der Waals surface area (Å²) >= 11 is 0. The molecule has 0 radical (unpaired) electrons. The number of ether oxygens (including phenoxy) is 3. The lowest BCUT2D eigenvalue weighted by atomic mass is 9.85. The Bertz CT molecular complexity index is 1180. The molecule has 0 aromatic carbocycles. The molecule has 1 heterocycles. The van der Waals surface area contributed by atoms with Crippen LogP contribution in [0.2, 0.25) is 0 Å². The fourth-order valence-corrected chi connectivity index (χ4v) is 5.06. The maximum atomic E-state index is 13.5. The smallest absolute Gasteiger partial charge is 0.405 e. The Morgan fingerprint density at radius 2 is 1.78 bits per heavy atom. The summed E-state index contributed by atoms with van der Waals surface area (Å²) < 4.78 is 16.6. The molecule has 41 heavy (non-hydrogen) atoms. The Labute approximate surface area is 241 Å². The zero-order valence-electron chi connectivity index (χ0n) is 25.1. The number of aliphatic hydroxyl groups is 1. The van der Waals surface area contributed by atoms with Crippen LogP contribution in [0.25, 0.3) is 0 Å². The third-order valence-corrected chi connectivity index (χ3v) is 7.21. The number of likely N-dealkylation sites (N-methyl/N-ethyl adjacent to an activating group) is 1. The highest BCUT2D eigenvalue weighted by molar-refractivity contribution is 6.23. The van der Waals surface area contributed by atoms with E-state index in [2.05, 4.69) is 5.32 Å². The summed E-state index contributed by atoms with van der Waals surface area (Å²) in [5, 5.41) is 13.8. The fourth-order valence-electron chi connectivity index (χ4n) is 5.06. The van der Waals surface area contributed by atoms with Crippen LogP contribution >= 0.6 is 0 Å². The maximum Gasteiger partial charge on any atom is 0.405 e. The van der Waals surface area contributed by atoms with E-state index in [9.17, 15) is 24.3 Å². The predicted octanol–water partition coefficient (Wildman–Crippen LogP) is 2.32. The van der Waals surface area contributed by atoms with Crippen molar-refractivity contribution in [2.24, 2.45) is 17.6 Å². The van der Waals surface area contributed by atoms with E-state index in [1.807, 2.05) is 13.8 Å². The molecule has 226 valence electrons. The molecule has 2 amide bonds. The van der Waals surface area contributed by atoms with E-state index >= 15 is 0 Å². The Hall–Kier alpha value is -3.54. The van der Waals surface area contributed by atoms with Gasteiger partial charge in [0.05, 0.1) is 23.6 Å². The number of nitrogens with zero attached hydrogens (tertiary/aromatic N) is 1. The number of fused-ring (bicyclic) bond motifs is 2. The normalized spacial score (nSPS) is 32.2. The molecule has 1 aliphatic carbocycles. The molecule has 0 aromatic heterocycles. The van der Waals surface area contributed by atoms with Crippen LogP contribution in [0.3, 0.4) is 0 Å². The van der Waals surface area contributed by atoms with Crippen LogP contribution in [-0.4, -0.2) is 86.3 Å². The number of primary amides is 1. The molecule has 0 saturated heterocycles. The second-order valence-corrected chi connectivity index (χ2v) is 10.8.